The second-order valence-corrected chi connectivity index (χ2v) is 5.06. The third kappa shape index (κ3) is 4.32. The van der Waals surface area contributed by atoms with Crippen molar-refractivity contribution in [1.29, 1.82) is 0 Å². The second kappa shape index (κ2) is 6.90. The van der Waals surface area contributed by atoms with E-state index in [0.717, 1.165) is 24.6 Å². The minimum Gasteiger partial charge on any atom is -0.478 e. The molecular formula is C15H19N3O3. The summed E-state index contributed by atoms with van der Waals surface area (Å²) < 4.78 is 0. The van der Waals surface area contributed by atoms with E-state index in [9.17, 15) is 9.59 Å². The van der Waals surface area contributed by atoms with Gasteiger partial charge in [0.05, 0.1) is 0 Å². The number of benzene rings is 1. The second-order valence-electron chi connectivity index (χ2n) is 5.06. The molecule has 0 spiro atoms. The average molecular weight is 289 g/mol. The van der Waals surface area contributed by atoms with Gasteiger partial charge in [0.25, 0.3) is 0 Å². The highest BCUT2D eigenvalue weighted by atomic mass is 16.4. The van der Waals surface area contributed by atoms with E-state index in [1.165, 1.54) is 6.08 Å². The average Bonchev–Trinajstić information content (AvgIpc) is 2.95. The van der Waals surface area contributed by atoms with Gasteiger partial charge in [-0.1, -0.05) is 12.1 Å². The molecule has 1 aliphatic heterocycles. The van der Waals surface area contributed by atoms with Gasteiger partial charge in [-0.2, -0.15) is 0 Å². The molecule has 1 aromatic rings. The molecule has 1 aliphatic rings. The van der Waals surface area contributed by atoms with Gasteiger partial charge in [0, 0.05) is 24.9 Å². The lowest BCUT2D eigenvalue weighted by atomic mass is 10.1. The summed E-state index contributed by atoms with van der Waals surface area (Å²) in [4.78, 5) is 24.2. The monoisotopic (exact) mass is 289 g/mol. The maximum absolute atomic E-state index is 12.1. The fourth-order valence-electron chi connectivity index (χ4n) is 2.26. The van der Waals surface area contributed by atoms with E-state index in [1.54, 1.807) is 29.2 Å². The van der Waals surface area contributed by atoms with Crippen LogP contribution >= 0.6 is 0 Å². The predicted molar refractivity (Wildman–Crippen MR) is 80.9 cm³/mol. The fraction of sp³-hybridized carbons (Fsp3) is 0.333. The van der Waals surface area contributed by atoms with Crippen molar-refractivity contribution in [3.8, 4) is 0 Å². The van der Waals surface area contributed by atoms with Gasteiger partial charge in [0.2, 0.25) is 0 Å². The van der Waals surface area contributed by atoms with E-state index in [4.69, 9.17) is 10.8 Å². The highest BCUT2D eigenvalue weighted by Crippen LogP contribution is 2.17. The molecule has 1 heterocycles. The number of nitrogens with two attached hydrogens (primary N) is 1. The number of carbonyl (C=O) groups is 2. The number of hydrogen-bond acceptors (Lipinski definition) is 3. The Balaban J connectivity index is 1.91. The first-order chi connectivity index (χ1) is 10.1. The fourth-order valence-corrected chi connectivity index (χ4v) is 2.26. The van der Waals surface area contributed by atoms with Crippen LogP contribution in [-0.2, 0) is 4.79 Å². The summed E-state index contributed by atoms with van der Waals surface area (Å²) >= 11 is 0. The van der Waals surface area contributed by atoms with Gasteiger partial charge in [-0.3, -0.25) is 0 Å². The quantitative estimate of drug-likeness (QED) is 0.733. The highest BCUT2D eigenvalue weighted by Gasteiger charge is 2.25. The zero-order chi connectivity index (χ0) is 15.2. The van der Waals surface area contributed by atoms with Crippen LogP contribution in [0.2, 0.25) is 0 Å². The first-order valence-electron chi connectivity index (χ1n) is 6.85. The standard InChI is InChI=1S/C15H19N3O3/c16-9-12-7-8-18(10-12)15(21)17-13-4-1-11(2-5-13)3-6-14(19)20/h1-6,12H,7-10,16H2,(H,17,21)(H,19,20). The molecule has 0 radical (unpaired) electrons. The van der Waals surface area contributed by atoms with Crippen LogP contribution in [-0.4, -0.2) is 41.6 Å². The van der Waals surface area contributed by atoms with E-state index >= 15 is 0 Å². The minimum absolute atomic E-state index is 0.125. The van der Waals surface area contributed by atoms with Gasteiger partial charge in [0.15, 0.2) is 0 Å². The number of carboxylic acid groups (broad SMARTS) is 1. The Morgan fingerprint density at radius 1 is 1.38 bits per heavy atom. The van der Waals surface area contributed by atoms with E-state index in [1.807, 2.05) is 0 Å². The van der Waals surface area contributed by atoms with Crippen LogP contribution in [0.25, 0.3) is 6.08 Å². The van der Waals surface area contributed by atoms with Gasteiger partial charge in [-0.25, -0.2) is 9.59 Å². The first-order valence-corrected chi connectivity index (χ1v) is 6.85. The van der Waals surface area contributed by atoms with Crippen LogP contribution in [0.5, 0.6) is 0 Å². The summed E-state index contributed by atoms with van der Waals surface area (Å²) in [7, 11) is 0. The zero-order valence-corrected chi connectivity index (χ0v) is 11.7. The largest absolute Gasteiger partial charge is 0.478 e. The predicted octanol–water partition coefficient (Wildman–Crippen LogP) is 1.60. The summed E-state index contributed by atoms with van der Waals surface area (Å²) in [5.41, 5.74) is 7.06. The molecule has 2 amide bonds. The van der Waals surface area contributed by atoms with Crippen molar-refractivity contribution in [2.75, 3.05) is 25.0 Å². The highest BCUT2D eigenvalue weighted by molar-refractivity contribution is 5.90. The summed E-state index contributed by atoms with van der Waals surface area (Å²) in [5, 5.41) is 11.4. The molecule has 1 unspecified atom stereocenters. The van der Waals surface area contributed by atoms with Gasteiger partial charge < -0.3 is 21.1 Å². The van der Waals surface area contributed by atoms with Crippen molar-refractivity contribution < 1.29 is 14.7 Å². The van der Waals surface area contributed by atoms with E-state index < -0.39 is 5.97 Å². The molecule has 0 bridgehead atoms. The maximum atomic E-state index is 12.1. The lowest BCUT2D eigenvalue weighted by Gasteiger charge is -2.17. The number of nitrogens with one attached hydrogen (secondary N) is 1. The molecule has 21 heavy (non-hydrogen) atoms. The molecule has 1 atom stereocenters. The Morgan fingerprint density at radius 2 is 2.10 bits per heavy atom. The molecular weight excluding hydrogens is 270 g/mol. The number of hydrogen-bond donors (Lipinski definition) is 3. The summed E-state index contributed by atoms with van der Waals surface area (Å²) in [6, 6.07) is 6.87. The maximum Gasteiger partial charge on any atom is 0.328 e. The van der Waals surface area contributed by atoms with E-state index in [2.05, 4.69) is 5.32 Å². The van der Waals surface area contributed by atoms with Crippen molar-refractivity contribution in [3.05, 3.63) is 35.9 Å². The lowest BCUT2D eigenvalue weighted by Crippen LogP contribution is -2.33. The molecule has 0 aliphatic carbocycles. The number of likely N-dealkylation sites (tertiary alicyclic amines) is 1. The van der Waals surface area contributed by atoms with E-state index in [-0.39, 0.29) is 6.03 Å². The number of urea groups is 1. The van der Waals surface area contributed by atoms with Crippen molar-refractivity contribution in [2.24, 2.45) is 11.7 Å². The van der Waals surface area contributed by atoms with Crippen LogP contribution in [0.4, 0.5) is 10.5 Å². The van der Waals surface area contributed by atoms with Crippen molar-refractivity contribution in [1.82, 2.24) is 4.90 Å². The normalized spacial score (nSPS) is 18.1. The van der Waals surface area contributed by atoms with Crippen LogP contribution < -0.4 is 11.1 Å². The van der Waals surface area contributed by atoms with E-state index in [0.29, 0.717) is 24.7 Å². The molecule has 1 saturated heterocycles. The first kappa shape index (κ1) is 15.1. The number of carboxylic acids is 1. The van der Waals surface area contributed by atoms with Gasteiger partial charge in [0.1, 0.15) is 0 Å². The number of anilines is 1. The van der Waals surface area contributed by atoms with Crippen LogP contribution in [0.1, 0.15) is 12.0 Å². The Kier molecular flexibility index (Phi) is 4.94. The number of aliphatic carboxylic acids is 1. The Morgan fingerprint density at radius 3 is 2.67 bits per heavy atom. The molecule has 0 saturated carbocycles. The molecule has 2 rings (SSSR count). The number of nitrogens with zero attached hydrogens (tertiary/aromatic N) is 1. The topological polar surface area (TPSA) is 95.7 Å². The third-order valence-electron chi connectivity index (χ3n) is 3.49. The summed E-state index contributed by atoms with van der Waals surface area (Å²) in [6.07, 6.45) is 3.52. The van der Waals surface area contributed by atoms with Crippen LogP contribution in [0, 0.1) is 5.92 Å². The van der Waals surface area contributed by atoms with Crippen molar-refractivity contribution in [2.45, 2.75) is 6.42 Å². The third-order valence-corrected chi connectivity index (χ3v) is 3.49. The molecule has 112 valence electrons. The van der Waals surface area contributed by atoms with Gasteiger partial charge in [-0.05, 0) is 42.7 Å². The summed E-state index contributed by atoms with van der Waals surface area (Å²) in [6.45, 7) is 2.03. The molecule has 1 fully saturated rings. The molecule has 6 nitrogen and oxygen atoms in total. The Labute approximate surface area is 123 Å². The van der Waals surface area contributed by atoms with Crippen molar-refractivity contribution >= 4 is 23.8 Å². The SMILES string of the molecule is NCC1CCN(C(=O)Nc2ccc(C=CC(=O)O)cc2)C1. The molecule has 0 aromatic heterocycles. The molecule has 6 heteroatoms. The Hall–Kier alpha value is -2.34. The summed E-state index contributed by atoms with van der Waals surface area (Å²) in [5.74, 6) is -0.602. The smallest absolute Gasteiger partial charge is 0.328 e. The van der Waals surface area contributed by atoms with Crippen LogP contribution in [0.15, 0.2) is 30.3 Å². The molecule has 1 aromatic carbocycles. The number of carbonyl (C=O) groups excluding carboxylic acids is 1. The number of amides is 2. The van der Waals surface area contributed by atoms with Gasteiger partial charge >= 0.3 is 12.0 Å². The Bertz CT molecular complexity index is 540. The molecule has 4 N–H and O–H groups in total. The lowest BCUT2D eigenvalue weighted by molar-refractivity contribution is -0.131. The minimum atomic E-state index is -0.990. The van der Waals surface area contributed by atoms with Crippen LogP contribution in [0.3, 0.4) is 0 Å². The number of rotatable bonds is 4. The van der Waals surface area contributed by atoms with Crippen molar-refractivity contribution in [3.63, 3.8) is 0 Å². The van der Waals surface area contributed by atoms with Gasteiger partial charge in [-0.15, -0.1) is 0 Å². The zero-order valence-electron chi connectivity index (χ0n) is 11.7.